The summed E-state index contributed by atoms with van der Waals surface area (Å²) in [6, 6.07) is 0. The number of aliphatic hydroxyl groups excluding tert-OH is 1. The summed E-state index contributed by atoms with van der Waals surface area (Å²) in [5.41, 5.74) is 0.390. The molecule has 4 nitrogen and oxygen atoms in total. The first kappa shape index (κ1) is 16.2. The summed E-state index contributed by atoms with van der Waals surface area (Å²) in [6.07, 6.45) is 3.88. The lowest BCUT2D eigenvalue weighted by atomic mass is 9.42. The van der Waals surface area contributed by atoms with E-state index in [4.69, 9.17) is 19.3 Å². The summed E-state index contributed by atoms with van der Waals surface area (Å²) in [5, 5.41) is 8.57. The van der Waals surface area contributed by atoms with Gasteiger partial charge in [-0.3, -0.25) is 0 Å². The first-order valence-corrected chi connectivity index (χ1v) is 7.95. The van der Waals surface area contributed by atoms with Crippen LogP contribution in [-0.2, 0) is 14.2 Å². The summed E-state index contributed by atoms with van der Waals surface area (Å²) in [5.74, 6) is 1.49. The molecule has 3 unspecified atom stereocenters. The molecule has 2 bridgehead atoms. The minimum absolute atomic E-state index is 0.0692. The van der Waals surface area contributed by atoms with E-state index in [2.05, 4.69) is 20.8 Å². The van der Waals surface area contributed by atoms with Gasteiger partial charge in [-0.25, -0.2) is 0 Å². The van der Waals surface area contributed by atoms with Crippen molar-refractivity contribution in [3.8, 4) is 0 Å². The Labute approximate surface area is 122 Å². The third-order valence-corrected chi connectivity index (χ3v) is 5.60. The van der Waals surface area contributed by atoms with Gasteiger partial charge in [0.15, 0.2) is 0 Å². The summed E-state index contributed by atoms with van der Waals surface area (Å²) >= 11 is 0. The second kappa shape index (κ2) is 6.73. The van der Waals surface area contributed by atoms with E-state index in [0.29, 0.717) is 44.4 Å². The maximum Gasteiger partial charge on any atom is 0.0765 e. The van der Waals surface area contributed by atoms with Crippen LogP contribution < -0.4 is 0 Å². The Hall–Kier alpha value is -0.160. The van der Waals surface area contributed by atoms with Gasteiger partial charge < -0.3 is 19.3 Å². The molecule has 3 rings (SSSR count). The zero-order valence-electron chi connectivity index (χ0n) is 13.2. The predicted octanol–water partition coefficient (Wildman–Crippen LogP) is 2.24. The van der Waals surface area contributed by atoms with Crippen molar-refractivity contribution < 1.29 is 19.3 Å². The summed E-state index contributed by atoms with van der Waals surface area (Å²) in [7, 11) is 0. The first-order chi connectivity index (χ1) is 9.54. The molecule has 3 atom stereocenters. The maximum atomic E-state index is 8.57. The SMILES string of the molecule is CC1CCC2CC1(OCCOCCOCCO)C2(C)C. The lowest BCUT2D eigenvalue weighted by molar-refractivity contribution is -0.281. The Kier molecular flexibility index (Phi) is 5.46. The predicted molar refractivity (Wildman–Crippen MR) is 77.7 cm³/mol. The molecule has 0 aromatic heterocycles. The molecule has 4 heteroatoms. The van der Waals surface area contributed by atoms with Gasteiger partial charge >= 0.3 is 0 Å². The molecule has 0 saturated heterocycles. The number of rotatable bonds is 9. The van der Waals surface area contributed by atoms with Gasteiger partial charge in [0.2, 0.25) is 0 Å². The largest absolute Gasteiger partial charge is 0.394 e. The summed E-state index contributed by atoms with van der Waals surface area (Å²) in [4.78, 5) is 0. The van der Waals surface area contributed by atoms with E-state index in [1.807, 2.05) is 0 Å². The normalized spacial score (nSPS) is 34.8. The highest BCUT2D eigenvalue weighted by Gasteiger charge is 2.65. The quantitative estimate of drug-likeness (QED) is 0.660. The molecule has 0 heterocycles. The molecule has 0 aromatic rings. The van der Waals surface area contributed by atoms with E-state index in [1.54, 1.807) is 0 Å². The molecule has 3 aliphatic rings. The van der Waals surface area contributed by atoms with Gasteiger partial charge in [-0.2, -0.15) is 0 Å². The minimum atomic E-state index is 0.0692. The maximum absolute atomic E-state index is 8.57. The Balaban J connectivity index is 1.64. The van der Waals surface area contributed by atoms with Crippen molar-refractivity contribution in [3.63, 3.8) is 0 Å². The van der Waals surface area contributed by atoms with Crippen LogP contribution in [0.25, 0.3) is 0 Å². The van der Waals surface area contributed by atoms with E-state index >= 15 is 0 Å². The molecule has 0 aromatic carbocycles. The van der Waals surface area contributed by atoms with Crippen LogP contribution in [0.1, 0.15) is 40.0 Å². The molecule has 118 valence electrons. The van der Waals surface area contributed by atoms with Crippen LogP contribution in [0, 0.1) is 17.3 Å². The van der Waals surface area contributed by atoms with Crippen molar-refractivity contribution >= 4 is 0 Å². The smallest absolute Gasteiger partial charge is 0.0765 e. The van der Waals surface area contributed by atoms with Gasteiger partial charge in [0.1, 0.15) is 0 Å². The van der Waals surface area contributed by atoms with Crippen LogP contribution >= 0.6 is 0 Å². The standard InChI is InChI=1S/C16H30O4/c1-13-4-5-14-12-16(13,15(14,2)3)20-11-10-19-9-8-18-7-6-17/h13-14,17H,4-12H2,1-3H3. The monoisotopic (exact) mass is 286 g/mol. The molecule has 0 aliphatic heterocycles. The van der Waals surface area contributed by atoms with Crippen molar-refractivity contribution in [2.45, 2.75) is 45.6 Å². The molecule has 0 amide bonds. The molecule has 3 saturated carbocycles. The summed E-state index contributed by atoms with van der Waals surface area (Å²) < 4.78 is 16.9. The topological polar surface area (TPSA) is 47.9 Å². The van der Waals surface area contributed by atoms with Crippen molar-refractivity contribution in [1.82, 2.24) is 0 Å². The van der Waals surface area contributed by atoms with Gasteiger partial charge in [-0.05, 0) is 36.5 Å². The van der Waals surface area contributed by atoms with E-state index in [1.165, 1.54) is 19.3 Å². The molecule has 20 heavy (non-hydrogen) atoms. The number of ether oxygens (including phenoxy) is 3. The van der Waals surface area contributed by atoms with Gasteiger partial charge in [0.05, 0.1) is 45.2 Å². The molecule has 3 aliphatic carbocycles. The van der Waals surface area contributed by atoms with Gasteiger partial charge in [-0.1, -0.05) is 20.8 Å². The summed E-state index contributed by atoms with van der Waals surface area (Å²) in [6.45, 7) is 9.91. The van der Waals surface area contributed by atoms with E-state index in [-0.39, 0.29) is 12.2 Å². The Morgan fingerprint density at radius 3 is 2.25 bits per heavy atom. The average molecular weight is 286 g/mol. The third-order valence-electron chi connectivity index (χ3n) is 5.60. The Bertz CT molecular complexity index is 305. The Morgan fingerprint density at radius 1 is 1.00 bits per heavy atom. The fraction of sp³-hybridized carbons (Fsp3) is 1.00. The highest BCUT2D eigenvalue weighted by molar-refractivity contribution is 5.15. The van der Waals surface area contributed by atoms with Gasteiger partial charge in [-0.15, -0.1) is 0 Å². The number of aliphatic hydroxyl groups is 1. The Morgan fingerprint density at radius 2 is 1.65 bits per heavy atom. The average Bonchev–Trinajstić information content (AvgIpc) is 2.42. The van der Waals surface area contributed by atoms with Crippen LogP contribution in [0.2, 0.25) is 0 Å². The van der Waals surface area contributed by atoms with E-state index < -0.39 is 0 Å². The van der Waals surface area contributed by atoms with Crippen LogP contribution in [-0.4, -0.2) is 50.3 Å². The molecular weight excluding hydrogens is 256 g/mol. The molecule has 3 fully saturated rings. The third kappa shape index (κ3) is 2.89. The lowest BCUT2D eigenvalue weighted by Gasteiger charge is -2.67. The number of fused-ring (bicyclic) bond motifs is 2. The zero-order chi connectivity index (χ0) is 14.6. The van der Waals surface area contributed by atoms with Gasteiger partial charge in [0, 0.05) is 0 Å². The zero-order valence-corrected chi connectivity index (χ0v) is 13.2. The minimum Gasteiger partial charge on any atom is -0.394 e. The van der Waals surface area contributed by atoms with E-state index in [0.717, 1.165) is 5.92 Å². The van der Waals surface area contributed by atoms with Gasteiger partial charge in [0.25, 0.3) is 0 Å². The van der Waals surface area contributed by atoms with Crippen LogP contribution in [0.5, 0.6) is 0 Å². The van der Waals surface area contributed by atoms with Crippen LogP contribution in [0.3, 0.4) is 0 Å². The highest BCUT2D eigenvalue weighted by Crippen LogP contribution is 2.65. The first-order valence-electron chi connectivity index (χ1n) is 7.95. The van der Waals surface area contributed by atoms with E-state index in [9.17, 15) is 0 Å². The van der Waals surface area contributed by atoms with Crippen molar-refractivity contribution in [3.05, 3.63) is 0 Å². The highest BCUT2D eigenvalue weighted by atomic mass is 16.6. The fourth-order valence-corrected chi connectivity index (χ4v) is 4.14. The second-order valence-electron chi connectivity index (χ2n) is 6.79. The molecular formula is C16H30O4. The van der Waals surface area contributed by atoms with Crippen molar-refractivity contribution in [1.29, 1.82) is 0 Å². The molecule has 0 radical (unpaired) electrons. The van der Waals surface area contributed by atoms with Crippen molar-refractivity contribution in [2.75, 3.05) is 39.6 Å². The van der Waals surface area contributed by atoms with Crippen LogP contribution in [0.4, 0.5) is 0 Å². The van der Waals surface area contributed by atoms with Crippen molar-refractivity contribution in [2.24, 2.45) is 17.3 Å². The second-order valence-corrected chi connectivity index (χ2v) is 6.79. The lowest BCUT2D eigenvalue weighted by Crippen LogP contribution is -2.68. The molecule has 0 spiro atoms. The number of hydrogen-bond donors (Lipinski definition) is 1. The fourth-order valence-electron chi connectivity index (χ4n) is 4.14. The molecule has 1 N–H and O–H groups in total. The number of hydrogen-bond acceptors (Lipinski definition) is 4. The van der Waals surface area contributed by atoms with Crippen LogP contribution in [0.15, 0.2) is 0 Å².